The third-order valence-electron chi connectivity index (χ3n) is 5.77. The number of hydrogen-bond donors (Lipinski definition) is 0. The van der Waals surface area contributed by atoms with Crippen LogP contribution in [0.1, 0.15) is 142 Å². The first-order valence-corrected chi connectivity index (χ1v) is 14.2. The molecule has 0 aliphatic rings. The molecule has 0 N–H and O–H groups in total. The Morgan fingerprint density at radius 1 is 0.700 bits per heavy atom. The lowest BCUT2D eigenvalue weighted by atomic mass is 9.91. The predicted molar refractivity (Wildman–Crippen MR) is 163 cm³/mol. The highest BCUT2D eigenvalue weighted by Gasteiger charge is 2.30. The van der Waals surface area contributed by atoms with Gasteiger partial charge in [-0.1, -0.05) is 62.2 Å². The number of carbonyl (C=O) groups is 2. The largest absolute Gasteiger partial charge is 0.444 e. The van der Waals surface area contributed by atoms with Crippen molar-refractivity contribution in [1.29, 1.82) is 0 Å². The predicted octanol–water partition coefficient (Wildman–Crippen LogP) is 8.08. The van der Waals surface area contributed by atoms with Gasteiger partial charge in [-0.2, -0.15) is 0 Å². The second kappa shape index (κ2) is 16.5. The zero-order chi connectivity index (χ0) is 30.3. The molecule has 4 heteroatoms. The van der Waals surface area contributed by atoms with Crippen molar-refractivity contribution in [2.24, 2.45) is 10.8 Å². The van der Waals surface area contributed by atoms with Crippen LogP contribution in [0, 0.1) is 58.2 Å². The van der Waals surface area contributed by atoms with Crippen molar-refractivity contribution < 1.29 is 19.1 Å². The molecule has 2 unspecified atom stereocenters. The van der Waals surface area contributed by atoms with Gasteiger partial charge in [0.25, 0.3) is 0 Å². The van der Waals surface area contributed by atoms with E-state index in [1.165, 1.54) is 0 Å². The average Bonchev–Trinajstić information content (AvgIpc) is 2.87. The molecule has 2 atom stereocenters. The molecule has 0 saturated carbocycles. The zero-order valence-electron chi connectivity index (χ0n) is 26.2. The molecule has 0 amide bonds. The number of benzene rings is 1. The first-order valence-electron chi connectivity index (χ1n) is 14.2. The second-order valence-electron chi connectivity index (χ2n) is 11.7. The van der Waals surface area contributed by atoms with Crippen LogP contribution in [-0.4, -0.2) is 11.9 Å². The standard InChI is InChI=1S/C36H46O4/c1-11-15-17-19-23-27-25-30(32(22-14-4)40-34(38)36(8,9)10)28(24-20-18-16-12-2)26-29(27)31(21-13-3)39-33(37)35(5,6)7/h25-26,31-32H,11-12,15-18H2,1-10H3. The Labute approximate surface area is 243 Å². The molecule has 0 aliphatic heterocycles. The van der Waals surface area contributed by atoms with E-state index in [9.17, 15) is 9.59 Å². The minimum atomic E-state index is -0.828. The van der Waals surface area contributed by atoms with Crippen molar-refractivity contribution in [3.8, 4) is 47.4 Å². The Kier molecular flexibility index (Phi) is 14.2. The highest BCUT2D eigenvalue weighted by Crippen LogP contribution is 2.32. The summed E-state index contributed by atoms with van der Waals surface area (Å²) in [6, 6.07) is 3.75. The molecule has 214 valence electrons. The van der Waals surface area contributed by atoms with Gasteiger partial charge in [0, 0.05) is 35.1 Å². The van der Waals surface area contributed by atoms with Crippen LogP contribution in [0.2, 0.25) is 0 Å². The van der Waals surface area contributed by atoms with Crippen molar-refractivity contribution in [2.45, 2.75) is 120 Å². The van der Waals surface area contributed by atoms with Gasteiger partial charge in [0.15, 0.2) is 12.2 Å². The summed E-state index contributed by atoms with van der Waals surface area (Å²) >= 11 is 0. The maximum absolute atomic E-state index is 12.9. The molecular formula is C36H46O4. The molecule has 0 aromatic heterocycles. The van der Waals surface area contributed by atoms with E-state index < -0.39 is 23.0 Å². The quantitative estimate of drug-likeness (QED) is 0.189. The highest BCUT2D eigenvalue weighted by atomic mass is 16.5. The molecule has 40 heavy (non-hydrogen) atoms. The van der Waals surface area contributed by atoms with Crippen molar-refractivity contribution in [3.63, 3.8) is 0 Å². The van der Waals surface area contributed by atoms with Gasteiger partial charge >= 0.3 is 11.9 Å². The lowest BCUT2D eigenvalue weighted by Crippen LogP contribution is -2.26. The lowest BCUT2D eigenvalue weighted by molar-refractivity contribution is -0.157. The van der Waals surface area contributed by atoms with Crippen LogP contribution in [0.5, 0.6) is 0 Å². The number of ether oxygens (including phenoxy) is 2. The van der Waals surface area contributed by atoms with Crippen LogP contribution in [0.15, 0.2) is 12.1 Å². The van der Waals surface area contributed by atoms with Gasteiger partial charge < -0.3 is 9.47 Å². The van der Waals surface area contributed by atoms with Gasteiger partial charge in [-0.15, -0.1) is 11.8 Å². The van der Waals surface area contributed by atoms with Crippen molar-refractivity contribution in [3.05, 3.63) is 34.4 Å². The fraction of sp³-hybridized carbons (Fsp3) is 0.556. The molecule has 4 nitrogen and oxygen atoms in total. The molecule has 1 aromatic carbocycles. The average molecular weight is 543 g/mol. The number of unbranched alkanes of at least 4 members (excludes halogenated alkanes) is 4. The van der Waals surface area contributed by atoms with E-state index in [-0.39, 0.29) is 11.9 Å². The van der Waals surface area contributed by atoms with Gasteiger partial charge in [-0.25, -0.2) is 0 Å². The second-order valence-corrected chi connectivity index (χ2v) is 11.7. The summed E-state index contributed by atoms with van der Waals surface area (Å²) in [5.41, 5.74) is 1.21. The Hall–Kier alpha value is -3.60. The summed E-state index contributed by atoms with van der Waals surface area (Å²) in [7, 11) is 0. The molecule has 0 aliphatic carbocycles. The van der Waals surface area contributed by atoms with Gasteiger partial charge in [0.2, 0.25) is 0 Å². The van der Waals surface area contributed by atoms with E-state index in [1.807, 2.05) is 53.7 Å². The van der Waals surface area contributed by atoms with E-state index in [4.69, 9.17) is 9.47 Å². The van der Waals surface area contributed by atoms with Crippen LogP contribution in [-0.2, 0) is 19.1 Å². The van der Waals surface area contributed by atoms with Crippen LogP contribution >= 0.6 is 0 Å². The van der Waals surface area contributed by atoms with Gasteiger partial charge in [-0.05, 0) is 80.4 Å². The van der Waals surface area contributed by atoms with Crippen LogP contribution in [0.25, 0.3) is 0 Å². The highest BCUT2D eigenvalue weighted by molar-refractivity contribution is 5.77. The van der Waals surface area contributed by atoms with Crippen LogP contribution in [0.4, 0.5) is 0 Å². The summed E-state index contributed by atoms with van der Waals surface area (Å²) in [5, 5.41) is 0. The third kappa shape index (κ3) is 11.3. The Morgan fingerprint density at radius 3 is 1.32 bits per heavy atom. The van der Waals surface area contributed by atoms with E-state index in [0.29, 0.717) is 22.3 Å². The summed E-state index contributed by atoms with van der Waals surface area (Å²) in [5.74, 6) is 24.2. The van der Waals surface area contributed by atoms with Gasteiger partial charge in [0.05, 0.1) is 10.8 Å². The molecule has 0 saturated heterocycles. The first-order chi connectivity index (χ1) is 18.8. The van der Waals surface area contributed by atoms with Gasteiger partial charge in [-0.3, -0.25) is 9.59 Å². The first kappa shape index (κ1) is 34.4. The zero-order valence-corrected chi connectivity index (χ0v) is 26.2. The SMILES string of the molecule is CC#CC(OC(=O)C(C)(C)C)c1cc(C#CCCCC)c(C(C#CC)OC(=O)C(C)(C)C)cc1C#CCCCC. The van der Waals surface area contributed by atoms with E-state index in [2.05, 4.69) is 61.2 Å². The molecule has 0 bridgehead atoms. The smallest absolute Gasteiger partial charge is 0.312 e. The molecule has 0 heterocycles. The Bertz CT molecular complexity index is 1170. The summed E-state index contributed by atoms with van der Waals surface area (Å²) in [4.78, 5) is 25.8. The van der Waals surface area contributed by atoms with Crippen molar-refractivity contribution in [2.75, 3.05) is 0 Å². The van der Waals surface area contributed by atoms with Crippen molar-refractivity contribution >= 4 is 11.9 Å². The maximum atomic E-state index is 12.9. The fourth-order valence-electron chi connectivity index (χ4n) is 3.30. The lowest BCUT2D eigenvalue weighted by Gasteiger charge is -2.24. The number of carbonyl (C=O) groups excluding carboxylic acids is 2. The Balaban J connectivity index is 3.98. The molecule has 1 aromatic rings. The van der Waals surface area contributed by atoms with Crippen LogP contribution < -0.4 is 0 Å². The minimum Gasteiger partial charge on any atom is -0.444 e. The fourth-order valence-corrected chi connectivity index (χ4v) is 3.30. The summed E-state index contributed by atoms with van der Waals surface area (Å²) in [6.07, 6.45) is 3.81. The molecular weight excluding hydrogens is 496 g/mol. The van der Waals surface area contributed by atoms with E-state index >= 15 is 0 Å². The Morgan fingerprint density at radius 2 is 1.05 bits per heavy atom. The minimum absolute atomic E-state index is 0.362. The number of rotatable bonds is 8. The molecule has 0 spiro atoms. The number of esters is 2. The maximum Gasteiger partial charge on any atom is 0.312 e. The molecule has 1 rings (SSSR count). The monoisotopic (exact) mass is 542 g/mol. The summed E-state index contributed by atoms with van der Waals surface area (Å²) < 4.78 is 11.8. The van der Waals surface area contributed by atoms with Crippen LogP contribution in [0.3, 0.4) is 0 Å². The normalized spacial score (nSPS) is 12.1. The van der Waals surface area contributed by atoms with Gasteiger partial charge in [0.1, 0.15) is 0 Å². The molecule has 0 fully saturated rings. The topological polar surface area (TPSA) is 52.6 Å². The van der Waals surface area contributed by atoms with E-state index in [1.54, 1.807) is 13.8 Å². The number of hydrogen-bond acceptors (Lipinski definition) is 4. The van der Waals surface area contributed by atoms with E-state index in [0.717, 1.165) is 38.5 Å². The van der Waals surface area contributed by atoms with Crippen molar-refractivity contribution in [1.82, 2.24) is 0 Å². The third-order valence-corrected chi connectivity index (χ3v) is 5.77. The summed E-state index contributed by atoms with van der Waals surface area (Å²) in [6.45, 7) is 18.5. The molecule has 0 radical (unpaired) electrons.